The molecule has 5 aliphatic rings. The number of amides is 4. The molecule has 2 aromatic heterocycles. The summed E-state index contributed by atoms with van der Waals surface area (Å²) in [4.78, 5) is 74.6. The van der Waals surface area contributed by atoms with E-state index in [4.69, 9.17) is 24.4 Å². The summed E-state index contributed by atoms with van der Waals surface area (Å²) >= 11 is 0. The summed E-state index contributed by atoms with van der Waals surface area (Å²) in [6.07, 6.45) is 3.17. The number of fused-ring (bicyclic) bond motifs is 5. The Morgan fingerprint density at radius 2 is 1.27 bits per heavy atom. The second-order valence-corrected chi connectivity index (χ2v) is 18.4. The van der Waals surface area contributed by atoms with E-state index >= 15 is 0 Å². The highest BCUT2D eigenvalue weighted by atomic mass is 16.5. The van der Waals surface area contributed by atoms with Gasteiger partial charge >= 0.3 is 12.2 Å². The minimum atomic E-state index is -0.687. The molecule has 2 saturated carbocycles. The van der Waals surface area contributed by atoms with Crippen LogP contribution < -0.4 is 10.6 Å². The maximum Gasteiger partial charge on any atom is 0.407 e. The van der Waals surface area contributed by atoms with Crippen molar-refractivity contribution < 1.29 is 28.7 Å². The third kappa shape index (κ3) is 7.02. The first-order valence-electron chi connectivity index (χ1n) is 21.8. The SMILES string of the molecule is COC(=O)N[C@H](C(=O)N1[C@@H]2C[C@@H]2C[C@H]1C1=Nc2ccc(-c3ccc4nc(-c5ccc6nc([C@@H]7C[C@H]8C[C@H]8N7C(=O)[C@@H](NC(=O)OC)C(C)C)[nH]c6c5)ccc4c3)cc2C1)C(C)C. The Balaban J connectivity index is 0.843. The lowest BCUT2D eigenvalue weighted by Crippen LogP contribution is -2.55. The number of carbonyl (C=O) groups excluding carboxylic acids is 4. The van der Waals surface area contributed by atoms with E-state index in [9.17, 15) is 19.2 Å². The molecule has 62 heavy (non-hydrogen) atoms. The van der Waals surface area contributed by atoms with Crippen LogP contribution in [0.4, 0.5) is 15.3 Å². The van der Waals surface area contributed by atoms with Crippen LogP contribution in [0.2, 0.25) is 0 Å². The molecular formula is C48H52N8O6. The number of likely N-dealkylation sites (tertiary alicyclic amines) is 2. The first-order chi connectivity index (χ1) is 29.9. The second-order valence-electron chi connectivity index (χ2n) is 18.4. The Kier molecular flexibility index (Phi) is 9.79. The van der Waals surface area contributed by atoms with E-state index in [2.05, 4.69) is 64.1 Å². The monoisotopic (exact) mass is 836 g/mol. The molecule has 2 saturated heterocycles. The van der Waals surface area contributed by atoms with Crippen LogP contribution in [0, 0.1) is 23.7 Å². The van der Waals surface area contributed by atoms with Crippen LogP contribution in [0.1, 0.15) is 70.8 Å². The number of piperidine rings is 2. The highest BCUT2D eigenvalue weighted by Crippen LogP contribution is 2.54. The number of methoxy groups -OCH3 is 2. The fourth-order valence-electron chi connectivity index (χ4n) is 10.2. The van der Waals surface area contributed by atoms with E-state index < -0.39 is 24.3 Å². The van der Waals surface area contributed by atoms with Gasteiger partial charge in [-0.2, -0.15) is 0 Å². The van der Waals surface area contributed by atoms with Gasteiger partial charge in [-0.05, 0) is 109 Å². The van der Waals surface area contributed by atoms with Gasteiger partial charge in [-0.3, -0.25) is 14.6 Å². The van der Waals surface area contributed by atoms with Gasteiger partial charge < -0.3 is 34.9 Å². The maximum absolute atomic E-state index is 13.9. The molecule has 4 fully saturated rings. The van der Waals surface area contributed by atoms with Gasteiger partial charge in [-0.15, -0.1) is 0 Å². The average molecular weight is 837 g/mol. The molecule has 0 radical (unpaired) electrons. The lowest BCUT2D eigenvalue weighted by Gasteiger charge is -2.32. The molecule has 0 unspecified atom stereocenters. The first kappa shape index (κ1) is 39.8. The highest BCUT2D eigenvalue weighted by molar-refractivity contribution is 6.02. The smallest absolute Gasteiger partial charge is 0.407 e. The van der Waals surface area contributed by atoms with Crippen molar-refractivity contribution in [1.29, 1.82) is 0 Å². The fraction of sp³-hybridized carbons (Fsp3) is 0.438. The van der Waals surface area contributed by atoms with Crippen molar-refractivity contribution in [3.05, 3.63) is 78.1 Å². The number of imidazole rings is 1. The van der Waals surface area contributed by atoms with Gasteiger partial charge in [0.2, 0.25) is 11.8 Å². The molecule has 14 heteroatoms. The zero-order valence-corrected chi connectivity index (χ0v) is 35.8. The second kappa shape index (κ2) is 15.2. The number of nitrogens with zero attached hydrogens (tertiary/aromatic N) is 5. The number of hydrogen-bond donors (Lipinski definition) is 3. The first-order valence-corrected chi connectivity index (χ1v) is 21.8. The Bertz CT molecular complexity index is 2690. The van der Waals surface area contributed by atoms with Crippen molar-refractivity contribution in [3.63, 3.8) is 0 Å². The van der Waals surface area contributed by atoms with E-state index in [1.807, 2.05) is 55.7 Å². The normalized spacial score (nSPS) is 24.1. The maximum atomic E-state index is 13.9. The van der Waals surface area contributed by atoms with Gasteiger partial charge in [0.25, 0.3) is 0 Å². The number of aromatic amines is 1. The summed E-state index contributed by atoms with van der Waals surface area (Å²) in [5, 5.41) is 6.55. The standard InChI is InChI=1S/C48H52N8O6/c1-23(2)42(53-47(59)61-5)45(57)55-38-19-30(38)21-40(55)37-18-29-16-26(8-12-34(29)50-37)25-7-11-32-27(15-25)9-13-33(49-32)28-10-14-35-36(17-28)52-44(51-35)41-22-31-20-39(31)56(41)46(58)43(24(3)4)54-48(60)62-6/h7-17,23-24,30-31,38-43H,18-22H2,1-6H3,(H,51,52)(H,53,59)(H,54,60)/t30-,31-,38-,39-,40+,41+,42+,43+/m1/s1. The molecule has 3 N–H and O–H groups in total. The minimum absolute atomic E-state index is 0.0615. The number of H-pyrrole nitrogens is 1. The molecule has 3 aliphatic heterocycles. The third-order valence-corrected chi connectivity index (χ3v) is 13.7. The molecule has 5 heterocycles. The average Bonchev–Trinajstić information content (AvgIpc) is 3.93. The van der Waals surface area contributed by atoms with E-state index in [0.717, 1.165) is 92.8 Å². The van der Waals surface area contributed by atoms with Crippen LogP contribution >= 0.6 is 0 Å². The molecule has 2 aliphatic carbocycles. The van der Waals surface area contributed by atoms with Gasteiger partial charge in [0.15, 0.2) is 0 Å². The number of pyridine rings is 1. The predicted octanol–water partition coefficient (Wildman–Crippen LogP) is 7.49. The van der Waals surface area contributed by atoms with Gasteiger partial charge in [0.1, 0.15) is 17.9 Å². The Hall–Kier alpha value is -6.31. The summed E-state index contributed by atoms with van der Waals surface area (Å²) in [5.41, 5.74) is 9.65. The van der Waals surface area contributed by atoms with Crippen molar-refractivity contribution in [2.24, 2.45) is 28.7 Å². The lowest BCUT2D eigenvalue weighted by atomic mass is 9.96. The van der Waals surface area contributed by atoms with E-state index in [1.54, 1.807) is 0 Å². The summed E-state index contributed by atoms with van der Waals surface area (Å²) < 4.78 is 9.65. The van der Waals surface area contributed by atoms with E-state index in [0.29, 0.717) is 18.3 Å². The predicted molar refractivity (Wildman–Crippen MR) is 235 cm³/mol. The molecule has 14 nitrogen and oxygen atoms in total. The number of rotatable bonds is 10. The molecule has 0 spiro atoms. The van der Waals surface area contributed by atoms with Crippen molar-refractivity contribution in [1.82, 2.24) is 35.4 Å². The van der Waals surface area contributed by atoms with Crippen LogP contribution in [0.5, 0.6) is 0 Å². The summed E-state index contributed by atoms with van der Waals surface area (Å²) in [6, 6.07) is 21.7. The third-order valence-electron chi connectivity index (χ3n) is 13.7. The number of aromatic nitrogens is 3. The molecule has 5 aromatic rings. The minimum Gasteiger partial charge on any atom is -0.453 e. The summed E-state index contributed by atoms with van der Waals surface area (Å²) in [6.45, 7) is 7.73. The molecule has 3 aromatic carbocycles. The van der Waals surface area contributed by atoms with E-state index in [-0.39, 0.29) is 47.8 Å². The number of alkyl carbamates (subject to hydrolysis) is 2. The Morgan fingerprint density at radius 3 is 1.94 bits per heavy atom. The molecule has 4 amide bonds. The molecular weight excluding hydrogens is 785 g/mol. The van der Waals surface area contributed by atoms with Crippen LogP contribution in [0.25, 0.3) is 44.3 Å². The molecule has 320 valence electrons. The largest absolute Gasteiger partial charge is 0.453 e. The van der Waals surface area contributed by atoms with Crippen LogP contribution in [-0.2, 0) is 25.5 Å². The van der Waals surface area contributed by atoms with Crippen molar-refractivity contribution in [2.45, 2.75) is 96.1 Å². The van der Waals surface area contributed by atoms with Crippen molar-refractivity contribution >= 4 is 57.3 Å². The van der Waals surface area contributed by atoms with Gasteiger partial charge in [-0.25, -0.2) is 19.6 Å². The van der Waals surface area contributed by atoms with Crippen molar-refractivity contribution in [3.8, 4) is 22.4 Å². The van der Waals surface area contributed by atoms with Crippen molar-refractivity contribution in [2.75, 3.05) is 14.2 Å². The number of nitrogens with one attached hydrogen (secondary N) is 3. The zero-order valence-electron chi connectivity index (χ0n) is 35.8. The van der Waals surface area contributed by atoms with E-state index in [1.165, 1.54) is 14.2 Å². The van der Waals surface area contributed by atoms with Gasteiger partial charge in [0.05, 0.1) is 54.2 Å². The number of aliphatic imine (C=N–C) groups is 1. The number of benzene rings is 3. The van der Waals surface area contributed by atoms with Crippen LogP contribution in [0.15, 0.2) is 71.7 Å². The molecule has 8 atom stereocenters. The Labute approximate surface area is 359 Å². The number of hydrogen-bond acceptors (Lipinski definition) is 9. The fourth-order valence-corrected chi connectivity index (χ4v) is 10.2. The zero-order chi connectivity index (χ0) is 43.1. The number of ether oxygens (including phenoxy) is 2. The quantitative estimate of drug-likeness (QED) is 0.130. The lowest BCUT2D eigenvalue weighted by molar-refractivity contribution is -0.137. The summed E-state index contributed by atoms with van der Waals surface area (Å²) in [5.74, 6) is 1.31. The highest BCUT2D eigenvalue weighted by Gasteiger charge is 2.57. The number of carbonyl (C=O) groups is 4. The van der Waals surface area contributed by atoms with Gasteiger partial charge in [0, 0.05) is 35.2 Å². The van der Waals surface area contributed by atoms with Crippen LogP contribution in [-0.4, -0.2) is 98.9 Å². The van der Waals surface area contributed by atoms with Crippen LogP contribution in [0.3, 0.4) is 0 Å². The summed E-state index contributed by atoms with van der Waals surface area (Å²) in [7, 11) is 2.62. The molecule has 10 rings (SSSR count). The topological polar surface area (TPSA) is 171 Å². The van der Waals surface area contributed by atoms with Gasteiger partial charge in [-0.1, -0.05) is 52.0 Å². The molecule has 0 bridgehead atoms. The Morgan fingerprint density at radius 1 is 0.677 bits per heavy atom.